The Morgan fingerprint density at radius 3 is 2.09 bits per heavy atom. The van der Waals surface area contributed by atoms with Crippen LogP contribution in [0.25, 0.3) is 11.1 Å². The summed E-state index contributed by atoms with van der Waals surface area (Å²) in [5.74, 6) is 0.00137. The first kappa shape index (κ1) is 19.9. The van der Waals surface area contributed by atoms with Crippen LogP contribution in [0, 0.1) is 0 Å². The summed E-state index contributed by atoms with van der Waals surface area (Å²) < 4.78 is 5.60. The molecule has 4 heteroatoms. The molecule has 4 aromatic rings. The number of carbonyl (C=O) groups is 1. The first-order valence-corrected chi connectivity index (χ1v) is 10.7. The molecule has 158 valence electrons. The Bertz CT molecular complexity index is 1220. The lowest BCUT2D eigenvalue weighted by atomic mass is 9.98. The number of fused-ring (bicyclic) bond motifs is 3. The Kier molecular flexibility index (Phi) is 5.34. The second-order valence-electron chi connectivity index (χ2n) is 7.96. The highest BCUT2D eigenvalue weighted by atomic mass is 16.5. The number of phenolic OH excluding ortho intramolecular Hbond substituents is 1. The minimum Gasteiger partial charge on any atom is -0.506 e. The molecule has 32 heavy (non-hydrogen) atoms. The highest BCUT2D eigenvalue weighted by Crippen LogP contribution is 2.44. The molecule has 0 atom stereocenters. The quantitative estimate of drug-likeness (QED) is 0.370. The fourth-order valence-electron chi connectivity index (χ4n) is 4.37. The molecule has 0 saturated carbocycles. The molecule has 0 saturated heterocycles. The van der Waals surface area contributed by atoms with E-state index in [2.05, 4.69) is 29.6 Å². The van der Waals surface area contributed by atoms with Crippen molar-refractivity contribution in [2.75, 3.05) is 11.9 Å². The zero-order valence-corrected chi connectivity index (χ0v) is 17.5. The molecule has 0 aromatic heterocycles. The third-order valence-electron chi connectivity index (χ3n) is 5.89. The molecule has 0 radical (unpaired) electrons. The highest BCUT2D eigenvalue weighted by molar-refractivity contribution is 5.87. The summed E-state index contributed by atoms with van der Waals surface area (Å²) >= 11 is 0. The van der Waals surface area contributed by atoms with Crippen LogP contribution in [0.4, 0.5) is 10.5 Å². The SMILES string of the molecule is O=C(Nc1cc(Cc2ccccc2)ccc1O)OCC1c2ccccc2-c2ccccc21. The molecule has 4 aromatic carbocycles. The van der Waals surface area contributed by atoms with Gasteiger partial charge >= 0.3 is 6.09 Å². The van der Waals surface area contributed by atoms with Gasteiger partial charge in [0.2, 0.25) is 0 Å². The van der Waals surface area contributed by atoms with E-state index in [1.165, 1.54) is 11.1 Å². The van der Waals surface area contributed by atoms with Crippen LogP contribution in [0.5, 0.6) is 5.75 Å². The minimum atomic E-state index is -0.584. The van der Waals surface area contributed by atoms with E-state index in [9.17, 15) is 9.90 Å². The van der Waals surface area contributed by atoms with Gasteiger partial charge in [0, 0.05) is 5.92 Å². The average Bonchev–Trinajstić information content (AvgIpc) is 3.14. The molecule has 0 fully saturated rings. The lowest BCUT2D eigenvalue weighted by molar-refractivity contribution is 0.158. The molecular weight excluding hydrogens is 398 g/mol. The van der Waals surface area contributed by atoms with Crippen molar-refractivity contribution in [3.05, 3.63) is 119 Å². The van der Waals surface area contributed by atoms with Gasteiger partial charge in [-0.05, 0) is 51.9 Å². The van der Waals surface area contributed by atoms with Crippen LogP contribution in [0.3, 0.4) is 0 Å². The van der Waals surface area contributed by atoms with Crippen molar-refractivity contribution in [1.29, 1.82) is 0 Å². The fraction of sp³-hybridized carbons (Fsp3) is 0.107. The van der Waals surface area contributed by atoms with Crippen molar-refractivity contribution < 1.29 is 14.6 Å². The molecule has 0 unspecified atom stereocenters. The topological polar surface area (TPSA) is 58.6 Å². The number of aromatic hydroxyl groups is 1. The number of carbonyl (C=O) groups excluding carboxylic acids is 1. The maximum absolute atomic E-state index is 12.6. The predicted molar refractivity (Wildman–Crippen MR) is 126 cm³/mol. The summed E-state index contributed by atoms with van der Waals surface area (Å²) in [6.07, 6.45) is 0.125. The Labute approximate surface area is 187 Å². The van der Waals surface area contributed by atoms with Gasteiger partial charge in [-0.25, -0.2) is 4.79 Å². The van der Waals surface area contributed by atoms with Gasteiger partial charge in [-0.15, -0.1) is 0 Å². The Balaban J connectivity index is 1.28. The zero-order chi connectivity index (χ0) is 21.9. The zero-order valence-electron chi connectivity index (χ0n) is 17.5. The van der Waals surface area contributed by atoms with E-state index in [1.807, 2.05) is 60.7 Å². The van der Waals surface area contributed by atoms with Gasteiger partial charge in [0.1, 0.15) is 12.4 Å². The molecule has 0 aliphatic heterocycles. The minimum absolute atomic E-state index is 0.00818. The van der Waals surface area contributed by atoms with E-state index in [1.54, 1.807) is 12.1 Å². The summed E-state index contributed by atoms with van der Waals surface area (Å²) in [6, 6.07) is 31.7. The van der Waals surface area contributed by atoms with Crippen molar-refractivity contribution in [3.63, 3.8) is 0 Å². The van der Waals surface area contributed by atoms with Crippen LogP contribution in [-0.4, -0.2) is 17.8 Å². The van der Waals surface area contributed by atoms with E-state index in [0.717, 1.165) is 22.3 Å². The van der Waals surface area contributed by atoms with E-state index >= 15 is 0 Å². The predicted octanol–water partition coefficient (Wildman–Crippen LogP) is 6.34. The van der Waals surface area contributed by atoms with E-state index in [0.29, 0.717) is 12.1 Å². The van der Waals surface area contributed by atoms with Crippen LogP contribution in [0.2, 0.25) is 0 Å². The third-order valence-corrected chi connectivity index (χ3v) is 5.89. The summed E-state index contributed by atoms with van der Waals surface area (Å²) in [4.78, 5) is 12.6. The largest absolute Gasteiger partial charge is 0.506 e. The molecule has 0 spiro atoms. The van der Waals surface area contributed by atoms with Gasteiger partial charge in [-0.3, -0.25) is 5.32 Å². The van der Waals surface area contributed by atoms with Gasteiger partial charge in [0.25, 0.3) is 0 Å². The number of anilines is 1. The molecule has 1 aliphatic rings. The van der Waals surface area contributed by atoms with Crippen LogP contribution in [0.1, 0.15) is 28.2 Å². The second-order valence-corrected chi connectivity index (χ2v) is 7.96. The number of hydrogen-bond donors (Lipinski definition) is 2. The lowest BCUT2D eigenvalue weighted by Crippen LogP contribution is -2.18. The summed E-state index contributed by atoms with van der Waals surface area (Å²) in [5.41, 5.74) is 7.18. The number of phenols is 1. The Morgan fingerprint density at radius 2 is 1.41 bits per heavy atom. The Morgan fingerprint density at radius 1 is 0.781 bits per heavy atom. The monoisotopic (exact) mass is 421 g/mol. The molecule has 0 bridgehead atoms. The molecule has 2 N–H and O–H groups in total. The maximum Gasteiger partial charge on any atom is 0.411 e. The standard InChI is InChI=1S/C28H23NO3/c30-27-15-14-20(16-19-8-2-1-3-9-19)17-26(27)29-28(31)32-18-25-23-12-6-4-10-21(23)22-11-5-7-13-24(22)25/h1-15,17,25,30H,16,18H2,(H,29,31). The van der Waals surface area contributed by atoms with E-state index < -0.39 is 6.09 Å². The molecule has 4 nitrogen and oxygen atoms in total. The van der Waals surface area contributed by atoms with Crippen LogP contribution >= 0.6 is 0 Å². The average molecular weight is 421 g/mol. The van der Waals surface area contributed by atoms with Gasteiger partial charge in [0.15, 0.2) is 0 Å². The van der Waals surface area contributed by atoms with Crippen molar-refractivity contribution in [1.82, 2.24) is 0 Å². The first-order chi connectivity index (χ1) is 15.7. The van der Waals surface area contributed by atoms with Crippen LogP contribution < -0.4 is 5.32 Å². The molecule has 1 amide bonds. The highest BCUT2D eigenvalue weighted by Gasteiger charge is 2.29. The number of benzene rings is 4. The molecule has 0 heterocycles. The number of amides is 1. The van der Waals surface area contributed by atoms with Crippen molar-refractivity contribution >= 4 is 11.8 Å². The van der Waals surface area contributed by atoms with Crippen LogP contribution in [-0.2, 0) is 11.2 Å². The van der Waals surface area contributed by atoms with E-state index in [-0.39, 0.29) is 18.3 Å². The summed E-state index contributed by atoms with van der Waals surface area (Å²) in [7, 11) is 0. The normalized spacial score (nSPS) is 12.1. The van der Waals surface area contributed by atoms with E-state index in [4.69, 9.17) is 4.74 Å². The molecular formula is C28H23NO3. The summed E-state index contributed by atoms with van der Waals surface area (Å²) in [5, 5.41) is 12.9. The summed E-state index contributed by atoms with van der Waals surface area (Å²) in [6.45, 7) is 0.227. The number of nitrogens with one attached hydrogen (secondary N) is 1. The maximum atomic E-state index is 12.6. The second kappa shape index (κ2) is 8.60. The van der Waals surface area contributed by atoms with Gasteiger partial charge in [-0.1, -0.05) is 84.9 Å². The third kappa shape index (κ3) is 3.95. The molecule has 1 aliphatic carbocycles. The molecule has 5 rings (SSSR count). The number of hydrogen-bond acceptors (Lipinski definition) is 3. The van der Waals surface area contributed by atoms with Gasteiger partial charge in [0.05, 0.1) is 5.69 Å². The van der Waals surface area contributed by atoms with Gasteiger partial charge < -0.3 is 9.84 Å². The van der Waals surface area contributed by atoms with Crippen molar-refractivity contribution in [3.8, 4) is 16.9 Å². The lowest BCUT2D eigenvalue weighted by Gasteiger charge is -2.15. The first-order valence-electron chi connectivity index (χ1n) is 10.7. The van der Waals surface area contributed by atoms with Gasteiger partial charge in [-0.2, -0.15) is 0 Å². The number of ether oxygens (including phenoxy) is 1. The smallest absolute Gasteiger partial charge is 0.411 e. The van der Waals surface area contributed by atoms with Crippen molar-refractivity contribution in [2.45, 2.75) is 12.3 Å². The van der Waals surface area contributed by atoms with Crippen LogP contribution in [0.15, 0.2) is 97.1 Å². The fourth-order valence-corrected chi connectivity index (χ4v) is 4.37. The van der Waals surface area contributed by atoms with Crippen molar-refractivity contribution in [2.24, 2.45) is 0 Å². The Hall–Kier alpha value is -4.05. The number of rotatable bonds is 5.